The molecule has 0 radical (unpaired) electrons. The summed E-state index contributed by atoms with van der Waals surface area (Å²) >= 11 is 5.81. The number of halogens is 1. The maximum atomic E-state index is 12.2. The van der Waals surface area contributed by atoms with Crippen molar-refractivity contribution in [3.8, 4) is 0 Å². The molecule has 0 unspecified atom stereocenters. The summed E-state index contributed by atoms with van der Waals surface area (Å²) < 4.78 is 5.24. The Balaban J connectivity index is 2.09. The van der Waals surface area contributed by atoms with Crippen molar-refractivity contribution in [3.63, 3.8) is 0 Å². The fourth-order valence-electron chi connectivity index (χ4n) is 1.86. The van der Waals surface area contributed by atoms with Gasteiger partial charge in [-0.2, -0.15) is 0 Å². The van der Waals surface area contributed by atoms with Crippen molar-refractivity contribution in [2.24, 2.45) is 0 Å². The summed E-state index contributed by atoms with van der Waals surface area (Å²) in [6.45, 7) is 1.44. The fraction of sp³-hybridized carbons (Fsp3) is 0.111. The van der Waals surface area contributed by atoms with E-state index in [2.05, 4.69) is 5.32 Å². The summed E-state index contributed by atoms with van der Waals surface area (Å²) in [7, 11) is 0. The highest BCUT2D eigenvalue weighted by atomic mass is 35.5. The van der Waals surface area contributed by atoms with Gasteiger partial charge < -0.3 is 10.1 Å². The van der Waals surface area contributed by atoms with Gasteiger partial charge in [-0.05, 0) is 29.3 Å². The molecule has 0 aliphatic carbocycles. The topological polar surface area (TPSA) is 55.4 Å². The van der Waals surface area contributed by atoms with Crippen molar-refractivity contribution in [1.29, 1.82) is 0 Å². The molecule has 2 aromatic rings. The number of benzene rings is 2. The summed E-state index contributed by atoms with van der Waals surface area (Å²) in [6.07, 6.45) is 1.57. The number of hydrogen-bond acceptors (Lipinski definition) is 3. The van der Waals surface area contributed by atoms with Crippen molar-refractivity contribution in [2.75, 3.05) is 0 Å². The second-order valence-corrected chi connectivity index (χ2v) is 5.29. The molecule has 118 valence electrons. The Kier molecular flexibility index (Phi) is 5.94. The number of amides is 1. The van der Waals surface area contributed by atoms with Gasteiger partial charge in [0.2, 0.25) is 5.91 Å². The maximum absolute atomic E-state index is 12.2. The van der Waals surface area contributed by atoms with Gasteiger partial charge in [-0.3, -0.25) is 4.79 Å². The van der Waals surface area contributed by atoms with Crippen molar-refractivity contribution in [3.05, 3.63) is 76.4 Å². The van der Waals surface area contributed by atoms with Crippen LogP contribution in [-0.2, 0) is 20.9 Å². The predicted octanol–water partition coefficient (Wildman–Crippen LogP) is 3.56. The van der Waals surface area contributed by atoms with E-state index >= 15 is 0 Å². The molecule has 1 amide bonds. The first-order chi connectivity index (χ1) is 11.0. The van der Waals surface area contributed by atoms with Gasteiger partial charge in [0.1, 0.15) is 12.3 Å². The molecule has 5 heteroatoms. The monoisotopic (exact) mass is 329 g/mol. The van der Waals surface area contributed by atoms with Gasteiger partial charge in [-0.25, -0.2) is 4.79 Å². The van der Waals surface area contributed by atoms with E-state index in [0.29, 0.717) is 5.02 Å². The van der Waals surface area contributed by atoms with E-state index < -0.39 is 5.97 Å². The van der Waals surface area contributed by atoms with E-state index in [1.165, 1.54) is 6.92 Å². The van der Waals surface area contributed by atoms with Crippen molar-refractivity contribution in [1.82, 2.24) is 5.32 Å². The quantitative estimate of drug-likeness (QED) is 0.674. The minimum Gasteiger partial charge on any atom is -0.456 e. The average molecular weight is 330 g/mol. The molecule has 0 heterocycles. The van der Waals surface area contributed by atoms with Crippen LogP contribution in [-0.4, -0.2) is 11.9 Å². The van der Waals surface area contributed by atoms with Crippen LogP contribution >= 0.6 is 11.6 Å². The van der Waals surface area contributed by atoms with E-state index in [1.54, 1.807) is 30.3 Å². The minimum atomic E-state index is -0.598. The Bertz CT molecular complexity index is 709. The molecule has 0 fully saturated rings. The summed E-state index contributed by atoms with van der Waals surface area (Å²) in [5.41, 5.74) is 1.70. The Morgan fingerprint density at radius 3 is 2.35 bits per heavy atom. The van der Waals surface area contributed by atoms with Crippen LogP contribution < -0.4 is 5.32 Å². The normalized spacial score (nSPS) is 11.0. The molecule has 0 aromatic heterocycles. The molecule has 0 aliphatic heterocycles. The Morgan fingerprint density at radius 2 is 1.74 bits per heavy atom. The van der Waals surface area contributed by atoms with Crippen LogP contribution in [0.1, 0.15) is 18.1 Å². The number of esters is 1. The van der Waals surface area contributed by atoms with Crippen LogP contribution in [0.5, 0.6) is 0 Å². The Morgan fingerprint density at radius 1 is 1.09 bits per heavy atom. The third-order valence-electron chi connectivity index (χ3n) is 2.92. The SMILES string of the molecule is CC(=O)N/C(=C\c1ccccc1)C(=O)OCc1ccc(Cl)cc1. The number of carbonyl (C=O) groups excluding carboxylic acids is 2. The number of rotatable bonds is 5. The fourth-order valence-corrected chi connectivity index (χ4v) is 1.98. The number of hydrogen-bond donors (Lipinski definition) is 1. The summed E-state index contributed by atoms with van der Waals surface area (Å²) in [5.74, 6) is -0.936. The first-order valence-electron chi connectivity index (χ1n) is 7.00. The zero-order chi connectivity index (χ0) is 16.7. The number of ether oxygens (including phenoxy) is 1. The lowest BCUT2D eigenvalue weighted by atomic mass is 10.2. The molecule has 23 heavy (non-hydrogen) atoms. The zero-order valence-electron chi connectivity index (χ0n) is 12.6. The highest BCUT2D eigenvalue weighted by Crippen LogP contribution is 2.12. The molecule has 4 nitrogen and oxygen atoms in total. The average Bonchev–Trinajstić information content (AvgIpc) is 2.54. The molecule has 0 aliphatic rings. The van der Waals surface area contributed by atoms with E-state index in [1.807, 2.05) is 30.3 Å². The van der Waals surface area contributed by atoms with E-state index in [9.17, 15) is 9.59 Å². The highest BCUT2D eigenvalue weighted by molar-refractivity contribution is 6.30. The standard InChI is InChI=1S/C18H16ClNO3/c1-13(21)20-17(11-14-5-3-2-4-6-14)18(22)23-12-15-7-9-16(19)10-8-15/h2-11H,12H2,1H3,(H,20,21)/b17-11-. The molecule has 0 atom stereocenters. The number of carbonyl (C=O) groups is 2. The van der Waals surface area contributed by atoms with Gasteiger partial charge in [-0.1, -0.05) is 54.1 Å². The van der Waals surface area contributed by atoms with Crippen LogP contribution in [0.3, 0.4) is 0 Å². The van der Waals surface area contributed by atoms with Gasteiger partial charge in [0, 0.05) is 11.9 Å². The maximum Gasteiger partial charge on any atom is 0.355 e. The molecule has 0 bridgehead atoms. The van der Waals surface area contributed by atoms with Crippen LogP contribution in [0.25, 0.3) is 6.08 Å². The van der Waals surface area contributed by atoms with Crippen molar-refractivity contribution < 1.29 is 14.3 Å². The molecule has 0 spiro atoms. The summed E-state index contributed by atoms with van der Waals surface area (Å²) in [4.78, 5) is 23.5. The predicted molar refractivity (Wildman–Crippen MR) is 89.5 cm³/mol. The molecule has 1 N–H and O–H groups in total. The second-order valence-electron chi connectivity index (χ2n) is 4.85. The number of nitrogens with one attached hydrogen (secondary N) is 1. The highest BCUT2D eigenvalue weighted by Gasteiger charge is 2.13. The van der Waals surface area contributed by atoms with Gasteiger partial charge >= 0.3 is 5.97 Å². The van der Waals surface area contributed by atoms with E-state index in [-0.39, 0.29) is 18.2 Å². The first-order valence-corrected chi connectivity index (χ1v) is 7.38. The van der Waals surface area contributed by atoms with Crippen LogP contribution in [0.2, 0.25) is 5.02 Å². The first kappa shape index (κ1) is 16.8. The smallest absolute Gasteiger partial charge is 0.355 e. The van der Waals surface area contributed by atoms with Gasteiger partial charge in [0.25, 0.3) is 0 Å². The molecular weight excluding hydrogens is 314 g/mol. The third kappa shape index (κ3) is 5.60. The third-order valence-corrected chi connectivity index (χ3v) is 3.18. The lowest BCUT2D eigenvalue weighted by Crippen LogP contribution is -2.26. The lowest BCUT2D eigenvalue weighted by Gasteiger charge is -2.09. The van der Waals surface area contributed by atoms with Crippen LogP contribution in [0.4, 0.5) is 0 Å². The van der Waals surface area contributed by atoms with Gasteiger partial charge in [0.15, 0.2) is 0 Å². The largest absolute Gasteiger partial charge is 0.456 e. The van der Waals surface area contributed by atoms with Crippen LogP contribution in [0, 0.1) is 0 Å². The Labute approximate surface area is 139 Å². The Hall–Kier alpha value is -2.59. The molecule has 2 rings (SSSR count). The molecule has 0 saturated heterocycles. The van der Waals surface area contributed by atoms with Gasteiger partial charge in [-0.15, -0.1) is 0 Å². The lowest BCUT2D eigenvalue weighted by molar-refractivity contribution is -0.141. The van der Waals surface area contributed by atoms with Gasteiger partial charge in [0.05, 0.1) is 0 Å². The molecular formula is C18H16ClNO3. The van der Waals surface area contributed by atoms with Crippen molar-refractivity contribution >= 4 is 29.6 Å². The summed E-state index contributed by atoms with van der Waals surface area (Å²) in [6, 6.07) is 16.2. The molecule has 2 aromatic carbocycles. The summed E-state index contributed by atoms with van der Waals surface area (Å²) in [5, 5.41) is 3.11. The van der Waals surface area contributed by atoms with Crippen LogP contribution in [0.15, 0.2) is 60.3 Å². The van der Waals surface area contributed by atoms with Crippen molar-refractivity contribution in [2.45, 2.75) is 13.5 Å². The van der Waals surface area contributed by atoms with E-state index in [4.69, 9.17) is 16.3 Å². The molecule has 0 saturated carbocycles. The second kappa shape index (κ2) is 8.15. The minimum absolute atomic E-state index is 0.0951. The van der Waals surface area contributed by atoms with E-state index in [0.717, 1.165) is 11.1 Å². The zero-order valence-corrected chi connectivity index (χ0v) is 13.3.